The Labute approximate surface area is 229 Å². The number of Topliss-reactive ketones (excluding diaryl/α,β-unsaturated/α-hetero) is 1. The number of rotatable bonds is 6. The van der Waals surface area contributed by atoms with Crippen molar-refractivity contribution in [3.63, 3.8) is 0 Å². The molecule has 4 aliphatic carbocycles. The first kappa shape index (κ1) is 27.5. The highest BCUT2D eigenvalue weighted by molar-refractivity contribution is 7.92. The van der Waals surface area contributed by atoms with Crippen molar-refractivity contribution in [1.29, 1.82) is 0 Å². The molecular weight excluding hydrogens is 522 g/mol. The number of fused-ring (bicyclic) bond motifs is 2. The third-order valence-corrected chi connectivity index (χ3v) is 12.2. The van der Waals surface area contributed by atoms with Crippen molar-refractivity contribution in [3.8, 4) is 0 Å². The van der Waals surface area contributed by atoms with E-state index in [4.69, 9.17) is 4.74 Å². The Kier molecular flexibility index (Phi) is 6.29. The smallest absolute Gasteiger partial charge is 0.233 e. The number of carbonyl (C=O) groups excluding carboxylic acids is 1. The van der Waals surface area contributed by atoms with E-state index in [-0.39, 0.29) is 19.6 Å². The predicted molar refractivity (Wildman–Crippen MR) is 142 cm³/mol. The molecule has 0 radical (unpaired) electrons. The highest BCUT2D eigenvalue weighted by atomic mass is 32.2. The second-order valence-electron chi connectivity index (χ2n) is 13.1. The molecule has 1 aromatic carbocycles. The molecule has 0 amide bonds. The van der Waals surface area contributed by atoms with Gasteiger partial charge in [-0.05, 0) is 61.0 Å². The highest BCUT2D eigenvalue weighted by Crippen LogP contribution is 2.76. The van der Waals surface area contributed by atoms with Gasteiger partial charge in [0.05, 0.1) is 18.8 Å². The lowest BCUT2D eigenvalue weighted by Gasteiger charge is -2.74. The van der Waals surface area contributed by atoms with Crippen LogP contribution in [0.2, 0.25) is 0 Å². The maximum absolute atomic E-state index is 14.3. The number of sulfonamides is 1. The highest BCUT2D eigenvalue weighted by Gasteiger charge is 2.87. The summed E-state index contributed by atoms with van der Waals surface area (Å²) >= 11 is 0. The van der Waals surface area contributed by atoms with Crippen LogP contribution in [0.3, 0.4) is 0 Å². The SMILES string of the molecule is CC1(C)CC[C@H](O)[C@]23CO[C@](O)([C@@H](O)[C@H]12)[C@]12C(=O)[C@@H](CCNS(=O)(=O)/C=C/c4ccccc4)[C@H](CC[C@@H]31)[C@H]2O. The van der Waals surface area contributed by atoms with Gasteiger partial charge in [0.15, 0.2) is 5.78 Å². The third kappa shape index (κ3) is 3.52. The molecule has 4 bridgehead atoms. The molecule has 214 valence electrons. The second kappa shape index (κ2) is 8.92. The minimum Gasteiger partial charge on any atom is -0.392 e. The number of aliphatic hydroxyl groups excluding tert-OH is 3. The molecule has 1 aromatic rings. The quantitative estimate of drug-likeness (QED) is 0.350. The molecule has 10 heteroatoms. The minimum atomic E-state index is -3.77. The Balaban J connectivity index is 1.28. The number of benzene rings is 1. The number of nitrogens with one attached hydrogen (secondary N) is 1. The molecule has 10 atom stereocenters. The van der Waals surface area contributed by atoms with Crippen molar-refractivity contribution in [2.45, 2.75) is 70.1 Å². The van der Waals surface area contributed by atoms with Gasteiger partial charge in [-0.1, -0.05) is 44.2 Å². The van der Waals surface area contributed by atoms with Gasteiger partial charge in [-0.2, -0.15) is 0 Å². The average Bonchev–Trinajstić information content (AvgIpc) is 3.00. The van der Waals surface area contributed by atoms with Crippen molar-refractivity contribution in [2.24, 2.45) is 39.9 Å². The van der Waals surface area contributed by atoms with Gasteiger partial charge in [0.1, 0.15) is 11.5 Å². The van der Waals surface area contributed by atoms with E-state index < -0.39 is 79.8 Å². The van der Waals surface area contributed by atoms with Gasteiger partial charge in [0.2, 0.25) is 15.8 Å². The molecule has 0 unspecified atom stereocenters. The Hall–Kier alpha value is -1.66. The van der Waals surface area contributed by atoms with Crippen LogP contribution in [0.5, 0.6) is 0 Å². The summed E-state index contributed by atoms with van der Waals surface area (Å²) in [7, 11) is -3.77. The van der Waals surface area contributed by atoms with Crippen LogP contribution in [0.15, 0.2) is 35.7 Å². The van der Waals surface area contributed by atoms with Gasteiger partial charge in [-0.25, -0.2) is 13.1 Å². The van der Waals surface area contributed by atoms with Gasteiger partial charge < -0.3 is 25.2 Å². The fraction of sp³-hybridized carbons (Fsp3) is 0.690. The fourth-order valence-corrected chi connectivity index (χ4v) is 10.4. The zero-order valence-electron chi connectivity index (χ0n) is 22.4. The van der Waals surface area contributed by atoms with Gasteiger partial charge >= 0.3 is 0 Å². The number of hydrogen-bond acceptors (Lipinski definition) is 8. The van der Waals surface area contributed by atoms with Crippen molar-refractivity contribution < 1.29 is 38.4 Å². The number of ketones is 1. The molecule has 5 N–H and O–H groups in total. The molecule has 2 saturated heterocycles. The van der Waals surface area contributed by atoms with E-state index in [1.807, 2.05) is 32.0 Å². The molecular formula is C29H39NO8S. The normalized spacial score (nSPS) is 46.3. The predicted octanol–water partition coefficient (Wildman–Crippen LogP) is 1.42. The van der Waals surface area contributed by atoms with Gasteiger partial charge in [-0.3, -0.25) is 4.79 Å². The third-order valence-electron chi connectivity index (χ3n) is 11.1. The molecule has 7 rings (SSSR count). The average molecular weight is 562 g/mol. The summed E-state index contributed by atoms with van der Waals surface area (Å²) in [5.41, 5.74) is -2.41. The summed E-state index contributed by atoms with van der Waals surface area (Å²) in [6.45, 7) is 4.04. The second-order valence-corrected chi connectivity index (χ2v) is 14.7. The van der Waals surface area contributed by atoms with E-state index in [2.05, 4.69) is 4.72 Å². The molecule has 4 saturated carbocycles. The van der Waals surface area contributed by atoms with Gasteiger partial charge in [-0.15, -0.1) is 0 Å². The topological polar surface area (TPSA) is 153 Å². The Morgan fingerprint density at radius 1 is 1.08 bits per heavy atom. The van der Waals surface area contributed by atoms with E-state index in [0.717, 1.165) is 11.0 Å². The standard InChI is InChI=1S/C29H39NO8S/c1-26(2)13-10-21(31)27-16-38-29(35,25(34)22(26)27)28-20(27)9-8-18(23(28)32)19(24(28)33)11-14-30-39(36,37)15-12-17-6-4-3-5-7-17/h3-7,12,15,18-23,25,30-32,34-35H,8-11,13-14,16H2,1-2H3/b15-12+/t18-,19-,20-,21-,22+,23+,25-,27+,28+,29+/m0/s1. The zero-order valence-corrected chi connectivity index (χ0v) is 23.2. The molecule has 9 nitrogen and oxygen atoms in total. The first-order valence-electron chi connectivity index (χ1n) is 14.0. The van der Waals surface area contributed by atoms with E-state index in [9.17, 15) is 33.6 Å². The van der Waals surface area contributed by atoms with Crippen molar-refractivity contribution in [1.82, 2.24) is 4.72 Å². The Morgan fingerprint density at radius 3 is 2.51 bits per heavy atom. The lowest BCUT2D eigenvalue weighted by molar-refractivity contribution is -0.458. The Morgan fingerprint density at radius 2 is 1.79 bits per heavy atom. The number of aliphatic hydroxyl groups is 4. The number of carbonyl (C=O) groups is 1. The maximum Gasteiger partial charge on any atom is 0.233 e. The Bertz CT molecular complexity index is 1280. The summed E-state index contributed by atoms with van der Waals surface area (Å²) in [5, 5.41) is 47.9. The monoisotopic (exact) mass is 561 g/mol. The summed E-state index contributed by atoms with van der Waals surface area (Å²) in [6, 6.07) is 9.03. The molecule has 6 aliphatic rings. The number of hydrogen-bond donors (Lipinski definition) is 5. The maximum atomic E-state index is 14.3. The van der Waals surface area contributed by atoms with Crippen LogP contribution in [0.1, 0.15) is 51.5 Å². The van der Waals surface area contributed by atoms with Crippen molar-refractivity contribution >= 4 is 21.9 Å². The molecule has 39 heavy (non-hydrogen) atoms. The van der Waals surface area contributed by atoms with E-state index in [1.165, 1.54) is 6.08 Å². The van der Waals surface area contributed by atoms with E-state index in [1.54, 1.807) is 12.1 Å². The molecule has 0 aromatic heterocycles. The van der Waals surface area contributed by atoms with Crippen molar-refractivity contribution in [2.75, 3.05) is 13.2 Å². The zero-order chi connectivity index (χ0) is 28.0. The first-order chi connectivity index (χ1) is 18.3. The fourth-order valence-electron chi connectivity index (χ4n) is 9.58. The van der Waals surface area contributed by atoms with Gasteiger partial charge in [0.25, 0.3) is 0 Å². The van der Waals surface area contributed by atoms with Crippen LogP contribution in [-0.4, -0.2) is 71.9 Å². The van der Waals surface area contributed by atoms with Crippen LogP contribution in [0.4, 0.5) is 0 Å². The lowest BCUT2D eigenvalue weighted by Crippen LogP contribution is -2.85. The largest absolute Gasteiger partial charge is 0.392 e. The van der Waals surface area contributed by atoms with E-state index in [0.29, 0.717) is 25.7 Å². The first-order valence-corrected chi connectivity index (χ1v) is 15.6. The van der Waals surface area contributed by atoms with Crippen molar-refractivity contribution in [3.05, 3.63) is 41.3 Å². The number of ether oxygens (including phenoxy) is 1. The summed E-state index contributed by atoms with van der Waals surface area (Å²) in [4.78, 5) is 14.3. The molecule has 2 spiro atoms. The summed E-state index contributed by atoms with van der Waals surface area (Å²) in [5.74, 6) is -4.94. The molecule has 6 fully saturated rings. The minimum absolute atomic E-state index is 0.0190. The van der Waals surface area contributed by atoms with Gasteiger partial charge in [0, 0.05) is 29.2 Å². The summed E-state index contributed by atoms with van der Waals surface area (Å²) < 4.78 is 33.6. The van der Waals surface area contributed by atoms with Crippen LogP contribution in [-0.2, 0) is 19.6 Å². The molecule has 2 heterocycles. The van der Waals surface area contributed by atoms with Crippen LogP contribution in [0.25, 0.3) is 6.08 Å². The van der Waals surface area contributed by atoms with Crippen LogP contribution < -0.4 is 4.72 Å². The van der Waals surface area contributed by atoms with E-state index >= 15 is 0 Å². The molecule has 2 aliphatic heterocycles. The summed E-state index contributed by atoms with van der Waals surface area (Å²) in [6.07, 6.45) is 0.247. The van der Waals surface area contributed by atoms with Crippen LogP contribution in [0, 0.1) is 39.9 Å². The van der Waals surface area contributed by atoms with Crippen LogP contribution >= 0.6 is 0 Å². The lowest BCUT2D eigenvalue weighted by atomic mass is 9.35.